The van der Waals surface area contributed by atoms with Crippen LogP contribution in [0.25, 0.3) is 0 Å². The van der Waals surface area contributed by atoms with E-state index in [1.807, 2.05) is 0 Å². The highest BCUT2D eigenvalue weighted by Crippen LogP contribution is 2.07. The summed E-state index contributed by atoms with van der Waals surface area (Å²) in [5.74, 6) is -0.109. The van der Waals surface area contributed by atoms with Gasteiger partial charge in [0.2, 0.25) is 0 Å². The van der Waals surface area contributed by atoms with Crippen molar-refractivity contribution in [1.82, 2.24) is 21.1 Å². The molecular weight excluding hydrogens is 192 g/mol. The molecule has 0 aliphatic heterocycles. The molecule has 15 heavy (non-hydrogen) atoms. The highest BCUT2D eigenvalue weighted by Gasteiger charge is 2.18. The molecule has 0 aromatic heterocycles. The number of amides is 1. The molecule has 0 radical (unpaired) electrons. The molecular formula is C10H22N4O. The van der Waals surface area contributed by atoms with E-state index in [1.165, 1.54) is 5.12 Å². The predicted octanol–water partition coefficient (Wildman–Crippen LogP) is 0.677. The van der Waals surface area contributed by atoms with Gasteiger partial charge in [-0.25, -0.2) is 10.9 Å². The summed E-state index contributed by atoms with van der Waals surface area (Å²) in [5.41, 5.74) is 6.26. The monoisotopic (exact) mass is 214 g/mol. The lowest BCUT2D eigenvalue weighted by Crippen LogP contribution is -2.55. The fourth-order valence-electron chi connectivity index (χ4n) is 1.13. The van der Waals surface area contributed by atoms with Gasteiger partial charge in [0.05, 0.1) is 0 Å². The largest absolute Gasteiger partial charge is 0.279 e. The van der Waals surface area contributed by atoms with E-state index in [1.54, 1.807) is 26.3 Å². The van der Waals surface area contributed by atoms with Crippen molar-refractivity contribution < 1.29 is 4.79 Å². The van der Waals surface area contributed by atoms with Gasteiger partial charge in [0.1, 0.15) is 0 Å². The maximum absolute atomic E-state index is 11.9. The van der Waals surface area contributed by atoms with Crippen molar-refractivity contribution in [1.29, 1.82) is 0 Å². The maximum atomic E-state index is 11.9. The van der Waals surface area contributed by atoms with Gasteiger partial charge in [0.25, 0.3) is 5.91 Å². The van der Waals surface area contributed by atoms with Gasteiger partial charge in [0.15, 0.2) is 0 Å². The molecule has 2 N–H and O–H groups in total. The van der Waals surface area contributed by atoms with E-state index in [2.05, 4.69) is 24.4 Å². The fourth-order valence-corrected chi connectivity index (χ4v) is 1.13. The Morgan fingerprint density at radius 2 is 1.93 bits per heavy atom. The SMILES string of the molecule is C=C(CCCC)C(=O)N(NC)N(C)NC. The maximum Gasteiger partial charge on any atom is 0.279 e. The Labute approximate surface area is 92.0 Å². The third kappa shape index (κ3) is 4.42. The van der Waals surface area contributed by atoms with Crippen LogP contribution in [0.15, 0.2) is 12.2 Å². The zero-order chi connectivity index (χ0) is 11.8. The molecule has 0 fully saturated rings. The van der Waals surface area contributed by atoms with Crippen molar-refractivity contribution in [2.75, 3.05) is 21.1 Å². The highest BCUT2D eigenvalue weighted by molar-refractivity contribution is 5.92. The average Bonchev–Trinajstić information content (AvgIpc) is 2.26. The summed E-state index contributed by atoms with van der Waals surface area (Å²) in [6.07, 6.45) is 2.80. The molecule has 88 valence electrons. The molecule has 0 atom stereocenters. The van der Waals surface area contributed by atoms with Gasteiger partial charge in [0, 0.05) is 26.7 Å². The van der Waals surface area contributed by atoms with Gasteiger partial charge < -0.3 is 0 Å². The smallest absolute Gasteiger partial charge is 0.266 e. The Morgan fingerprint density at radius 1 is 1.33 bits per heavy atom. The van der Waals surface area contributed by atoms with Crippen molar-refractivity contribution in [3.8, 4) is 0 Å². The van der Waals surface area contributed by atoms with Crippen LogP contribution in [0.4, 0.5) is 0 Å². The minimum absolute atomic E-state index is 0.109. The van der Waals surface area contributed by atoms with E-state index in [4.69, 9.17) is 0 Å². The second-order valence-corrected chi connectivity index (χ2v) is 3.29. The van der Waals surface area contributed by atoms with Crippen molar-refractivity contribution in [2.45, 2.75) is 26.2 Å². The minimum Gasteiger partial charge on any atom is -0.266 e. The second-order valence-electron chi connectivity index (χ2n) is 3.29. The predicted molar refractivity (Wildman–Crippen MR) is 61.4 cm³/mol. The minimum atomic E-state index is -0.109. The van der Waals surface area contributed by atoms with E-state index in [9.17, 15) is 4.79 Å². The van der Waals surface area contributed by atoms with E-state index in [0.717, 1.165) is 19.3 Å². The molecule has 0 saturated carbocycles. The van der Waals surface area contributed by atoms with Gasteiger partial charge in [-0.2, -0.15) is 5.12 Å². The molecule has 0 rings (SSSR count). The number of rotatable bonds is 7. The molecule has 0 heterocycles. The molecule has 5 nitrogen and oxygen atoms in total. The molecule has 0 aromatic carbocycles. The summed E-state index contributed by atoms with van der Waals surface area (Å²) >= 11 is 0. The lowest BCUT2D eigenvalue weighted by Gasteiger charge is -2.30. The van der Waals surface area contributed by atoms with Crippen LogP contribution >= 0.6 is 0 Å². The van der Waals surface area contributed by atoms with Crippen LogP contribution in [0.2, 0.25) is 0 Å². The van der Waals surface area contributed by atoms with E-state index in [0.29, 0.717) is 5.57 Å². The molecule has 0 aliphatic rings. The first kappa shape index (κ1) is 14.1. The molecule has 0 spiro atoms. The summed E-state index contributed by atoms with van der Waals surface area (Å²) in [7, 11) is 5.19. The lowest BCUT2D eigenvalue weighted by molar-refractivity contribution is -0.155. The topological polar surface area (TPSA) is 47.6 Å². The van der Waals surface area contributed by atoms with Gasteiger partial charge in [-0.15, -0.1) is 5.12 Å². The first-order chi connectivity index (χ1) is 7.08. The normalized spacial score (nSPS) is 10.5. The second kappa shape index (κ2) is 7.39. The van der Waals surface area contributed by atoms with Gasteiger partial charge in [-0.1, -0.05) is 19.9 Å². The van der Waals surface area contributed by atoms with Crippen LogP contribution in [0.5, 0.6) is 0 Å². The van der Waals surface area contributed by atoms with Gasteiger partial charge >= 0.3 is 0 Å². The number of hydrogen-bond donors (Lipinski definition) is 2. The van der Waals surface area contributed by atoms with Gasteiger partial charge in [-0.3, -0.25) is 4.79 Å². The van der Waals surface area contributed by atoms with Crippen molar-refractivity contribution >= 4 is 5.91 Å². The number of carbonyl (C=O) groups is 1. The summed E-state index contributed by atoms with van der Waals surface area (Å²) < 4.78 is 0. The summed E-state index contributed by atoms with van der Waals surface area (Å²) in [6.45, 7) is 5.88. The van der Waals surface area contributed by atoms with Crippen LogP contribution < -0.4 is 10.9 Å². The van der Waals surface area contributed by atoms with Crippen LogP contribution in [0.1, 0.15) is 26.2 Å². The Morgan fingerprint density at radius 3 is 2.33 bits per heavy atom. The average molecular weight is 214 g/mol. The standard InChI is InChI=1S/C10H22N4O/c1-6-7-8-9(2)10(15)14(12-4)13(5)11-3/h11-12H,2,6-8H2,1,3-5H3. The number of hydrazine groups is 3. The summed E-state index contributed by atoms with van der Waals surface area (Å²) in [5, 5.41) is 2.96. The summed E-state index contributed by atoms with van der Waals surface area (Å²) in [6, 6.07) is 0. The Hall–Kier alpha value is -0.910. The quantitative estimate of drug-likeness (QED) is 0.483. The van der Waals surface area contributed by atoms with Crippen LogP contribution in [-0.4, -0.2) is 37.3 Å². The number of carbonyl (C=O) groups excluding carboxylic acids is 1. The molecule has 1 amide bonds. The number of nitrogens with zero attached hydrogens (tertiary/aromatic N) is 2. The Kier molecular flexibility index (Phi) is 6.94. The Bertz CT molecular complexity index is 217. The molecule has 0 saturated heterocycles. The van der Waals surface area contributed by atoms with Gasteiger partial charge in [-0.05, 0) is 12.8 Å². The first-order valence-corrected chi connectivity index (χ1v) is 5.19. The highest BCUT2D eigenvalue weighted by atomic mass is 16.2. The number of hydrogen-bond acceptors (Lipinski definition) is 4. The first-order valence-electron chi connectivity index (χ1n) is 5.19. The third-order valence-electron chi connectivity index (χ3n) is 2.16. The molecule has 0 unspecified atom stereocenters. The van der Waals surface area contributed by atoms with Crippen molar-refractivity contribution in [3.05, 3.63) is 12.2 Å². The van der Waals surface area contributed by atoms with Crippen LogP contribution in [0.3, 0.4) is 0 Å². The zero-order valence-corrected chi connectivity index (χ0v) is 10.1. The van der Waals surface area contributed by atoms with Crippen molar-refractivity contribution in [2.24, 2.45) is 0 Å². The summed E-state index contributed by atoms with van der Waals surface area (Å²) in [4.78, 5) is 11.9. The molecule has 5 heteroatoms. The third-order valence-corrected chi connectivity index (χ3v) is 2.16. The molecule has 0 bridgehead atoms. The van der Waals surface area contributed by atoms with E-state index >= 15 is 0 Å². The molecule has 0 aromatic rings. The lowest BCUT2D eigenvalue weighted by atomic mass is 10.1. The number of unbranched alkanes of at least 4 members (excludes halogenated alkanes) is 1. The van der Waals surface area contributed by atoms with Crippen LogP contribution in [0, 0.1) is 0 Å². The van der Waals surface area contributed by atoms with Crippen LogP contribution in [-0.2, 0) is 4.79 Å². The van der Waals surface area contributed by atoms with E-state index in [-0.39, 0.29) is 5.91 Å². The fraction of sp³-hybridized carbons (Fsp3) is 0.700. The zero-order valence-electron chi connectivity index (χ0n) is 10.1. The number of nitrogens with one attached hydrogen (secondary N) is 2. The molecule has 0 aliphatic carbocycles. The van der Waals surface area contributed by atoms with Crippen molar-refractivity contribution in [3.63, 3.8) is 0 Å². The Balaban J connectivity index is 4.31. The van der Waals surface area contributed by atoms with E-state index < -0.39 is 0 Å².